The molecule has 0 aliphatic rings. The molecule has 0 fully saturated rings. The van der Waals surface area contributed by atoms with E-state index in [2.05, 4.69) is 0 Å². The molecule has 101 valence electrons. The molecule has 1 radical (unpaired) electrons. The molecule has 0 aromatic carbocycles. The molecule has 16 heavy (non-hydrogen) atoms. The van der Waals surface area contributed by atoms with Gasteiger partial charge in [-0.1, -0.05) is 0 Å². The van der Waals surface area contributed by atoms with Gasteiger partial charge in [-0.15, -0.1) is 0 Å². The smallest absolute Gasteiger partial charge is 0.397 e. The van der Waals surface area contributed by atoms with Crippen molar-refractivity contribution < 1.29 is 57.7 Å². The standard InChI is InChI=1S/C2H6O.Er.3NO3/c1-2-3;;3*2-1(3)4/h3H,2H2,1H3;;;;/q;+3;3*-1. The van der Waals surface area contributed by atoms with Crippen LogP contribution in [-0.2, 0) is 0 Å². The monoisotopic (exact) mass is 398 g/mol. The predicted molar refractivity (Wildman–Crippen MR) is 43.8 cm³/mol. The molecule has 0 spiro atoms. The molecular formula is C2H6ErN3O10. The first-order valence-corrected chi connectivity index (χ1v) is 2.67. The van der Waals surface area contributed by atoms with Crippen LogP contribution in [0.1, 0.15) is 6.92 Å². The van der Waals surface area contributed by atoms with Gasteiger partial charge in [-0.3, -0.25) is 0 Å². The number of rotatable bonds is 0. The van der Waals surface area contributed by atoms with E-state index in [1.807, 2.05) is 0 Å². The molecule has 0 unspecified atom stereocenters. The molecule has 0 aliphatic carbocycles. The average Bonchev–Trinajstić information content (AvgIpc) is 1.81. The van der Waals surface area contributed by atoms with Crippen molar-refractivity contribution >= 4 is 0 Å². The average molecular weight is 399 g/mol. The van der Waals surface area contributed by atoms with Crippen molar-refractivity contribution in [3.05, 3.63) is 46.0 Å². The molecule has 0 rings (SSSR count). The van der Waals surface area contributed by atoms with Gasteiger partial charge in [0.2, 0.25) is 0 Å². The van der Waals surface area contributed by atoms with E-state index in [9.17, 15) is 0 Å². The summed E-state index contributed by atoms with van der Waals surface area (Å²) in [5, 5.41) is 51.8. The van der Waals surface area contributed by atoms with Crippen molar-refractivity contribution in [2.75, 3.05) is 6.61 Å². The first-order valence-electron chi connectivity index (χ1n) is 2.67. The van der Waals surface area contributed by atoms with Gasteiger partial charge in [-0.2, -0.15) is 0 Å². The first-order chi connectivity index (χ1) is 6.61. The zero-order valence-corrected chi connectivity index (χ0v) is 9.31. The summed E-state index contributed by atoms with van der Waals surface area (Å²) in [6, 6.07) is 0. The van der Waals surface area contributed by atoms with Crippen LogP contribution in [0.5, 0.6) is 0 Å². The second kappa shape index (κ2) is 29.2. The molecule has 0 aromatic heterocycles. The molecule has 0 bridgehead atoms. The Hall–Kier alpha value is -1.19. The van der Waals surface area contributed by atoms with Crippen molar-refractivity contribution in [2.45, 2.75) is 6.92 Å². The van der Waals surface area contributed by atoms with Gasteiger partial charge in [0, 0.05) is 6.61 Å². The van der Waals surface area contributed by atoms with Crippen molar-refractivity contribution in [3.8, 4) is 0 Å². The Morgan fingerprint density at radius 1 is 0.812 bits per heavy atom. The van der Waals surface area contributed by atoms with Crippen LogP contribution >= 0.6 is 0 Å². The Balaban J connectivity index is -0.0000000331. The third kappa shape index (κ3) is 1250. The third-order valence-corrected chi connectivity index (χ3v) is 0. The molecule has 0 atom stereocenters. The van der Waals surface area contributed by atoms with Crippen LogP contribution in [0.15, 0.2) is 0 Å². The van der Waals surface area contributed by atoms with E-state index >= 15 is 0 Å². The Labute approximate surface area is 117 Å². The van der Waals surface area contributed by atoms with E-state index in [4.69, 9.17) is 51.1 Å². The second-order valence-corrected chi connectivity index (χ2v) is 0.987. The summed E-state index contributed by atoms with van der Waals surface area (Å²) in [5.41, 5.74) is 0. The van der Waals surface area contributed by atoms with Gasteiger partial charge < -0.3 is 51.1 Å². The number of nitrogens with zero attached hydrogens (tertiary/aromatic N) is 3. The summed E-state index contributed by atoms with van der Waals surface area (Å²) in [7, 11) is 0. The van der Waals surface area contributed by atoms with E-state index in [1.54, 1.807) is 6.92 Å². The van der Waals surface area contributed by atoms with Gasteiger partial charge in [-0.25, -0.2) is 0 Å². The Bertz CT molecular complexity index is 133. The maximum atomic E-state index is 8.25. The second-order valence-electron chi connectivity index (χ2n) is 0.987. The van der Waals surface area contributed by atoms with E-state index in [-0.39, 0.29) is 43.9 Å². The minimum atomic E-state index is -1.75. The maximum Gasteiger partial charge on any atom is 3.00 e. The fourth-order valence-electron chi connectivity index (χ4n) is 0. The minimum absolute atomic E-state index is 0. The first kappa shape index (κ1) is 29.3. The molecule has 0 aromatic rings. The molecule has 13 nitrogen and oxygen atoms in total. The van der Waals surface area contributed by atoms with Crippen LogP contribution in [0.4, 0.5) is 0 Å². The van der Waals surface area contributed by atoms with E-state index < -0.39 is 15.3 Å². The van der Waals surface area contributed by atoms with Crippen molar-refractivity contribution in [3.63, 3.8) is 0 Å². The summed E-state index contributed by atoms with van der Waals surface area (Å²) in [6.07, 6.45) is 0. The maximum absolute atomic E-state index is 8.25. The normalized spacial score (nSPS) is 5.62. The quantitative estimate of drug-likeness (QED) is 0.397. The van der Waals surface area contributed by atoms with Crippen molar-refractivity contribution in [1.82, 2.24) is 0 Å². The predicted octanol–water partition coefficient (Wildman–Crippen LogP) is -0.719. The molecule has 0 saturated heterocycles. The molecule has 0 saturated carbocycles. The zero-order chi connectivity index (χ0) is 13.4. The summed E-state index contributed by atoms with van der Waals surface area (Å²) in [5.74, 6) is 0. The fourth-order valence-corrected chi connectivity index (χ4v) is 0. The Kier molecular flexibility index (Phi) is 53.6. The van der Waals surface area contributed by atoms with Gasteiger partial charge in [0.25, 0.3) is 0 Å². The van der Waals surface area contributed by atoms with Crippen LogP contribution in [0.3, 0.4) is 0 Å². The summed E-state index contributed by atoms with van der Waals surface area (Å²) in [6.45, 7) is 1.93. The molecule has 0 amide bonds. The van der Waals surface area contributed by atoms with Gasteiger partial charge in [0.1, 0.15) is 0 Å². The van der Waals surface area contributed by atoms with Gasteiger partial charge in [0.05, 0.1) is 15.3 Å². The topological polar surface area (TPSA) is 219 Å². The summed E-state index contributed by atoms with van der Waals surface area (Å²) in [4.78, 5) is 24.8. The number of aliphatic hydroxyl groups is 1. The summed E-state index contributed by atoms with van der Waals surface area (Å²) < 4.78 is 0. The van der Waals surface area contributed by atoms with Crippen molar-refractivity contribution in [2.24, 2.45) is 0 Å². The minimum Gasteiger partial charge on any atom is -0.397 e. The van der Waals surface area contributed by atoms with Gasteiger partial charge in [-0.05, 0) is 6.92 Å². The van der Waals surface area contributed by atoms with Crippen molar-refractivity contribution in [1.29, 1.82) is 0 Å². The largest absolute Gasteiger partial charge is 3.00 e. The van der Waals surface area contributed by atoms with Crippen LogP contribution in [0.25, 0.3) is 0 Å². The number of aliphatic hydroxyl groups excluding tert-OH is 1. The number of hydrogen-bond donors (Lipinski definition) is 1. The molecule has 0 aliphatic heterocycles. The van der Waals surface area contributed by atoms with Gasteiger partial charge in [0.15, 0.2) is 0 Å². The third-order valence-electron chi connectivity index (χ3n) is 0. The zero-order valence-electron chi connectivity index (χ0n) is 7.46. The fraction of sp³-hybridized carbons (Fsp3) is 1.00. The van der Waals surface area contributed by atoms with E-state index in [1.165, 1.54) is 0 Å². The van der Waals surface area contributed by atoms with Crippen LogP contribution in [0, 0.1) is 83.3 Å². The Morgan fingerprint density at radius 3 is 0.812 bits per heavy atom. The van der Waals surface area contributed by atoms with Crippen LogP contribution in [-0.4, -0.2) is 27.0 Å². The van der Waals surface area contributed by atoms with Gasteiger partial charge >= 0.3 is 37.3 Å². The van der Waals surface area contributed by atoms with Crippen LogP contribution < -0.4 is 0 Å². The molecule has 0 heterocycles. The summed E-state index contributed by atoms with van der Waals surface area (Å²) >= 11 is 0. The molecule has 14 heteroatoms. The molecule has 1 N–H and O–H groups in total. The Morgan fingerprint density at radius 2 is 0.812 bits per heavy atom. The SMILES string of the molecule is CCO.O=[N+]([O-])[O-].O=[N+]([O-])[O-].O=[N+]([O-])[O-].[Er+3]. The van der Waals surface area contributed by atoms with E-state index in [0.29, 0.717) is 0 Å². The van der Waals surface area contributed by atoms with Crippen LogP contribution in [0.2, 0.25) is 0 Å². The number of hydrogen-bond acceptors (Lipinski definition) is 10. The van der Waals surface area contributed by atoms with E-state index in [0.717, 1.165) is 0 Å². The molecular weight excluding hydrogens is 393 g/mol.